The lowest BCUT2D eigenvalue weighted by Gasteiger charge is -2.26. The maximum Gasteiger partial charge on any atom is 0.245 e. The number of fused-ring (bicyclic) bond motifs is 2. The van der Waals surface area contributed by atoms with Crippen LogP contribution in [0.15, 0.2) is 43.0 Å². The summed E-state index contributed by atoms with van der Waals surface area (Å²) in [7, 11) is 7.93. The van der Waals surface area contributed by atoms with Crippen LogP contribution in [0.3, 0.4) is 0 Å². The summed E-state index contributed by atoms with van der Waals surface area (Å²) in [6, 6.07) is 4.97. The van der Waals surface area contributed by atoms with Gasteiger partial charge in [0.15, 0.2) is 5.78 Å². The molecule has 0 aromatic carbocycles. The van der Waals surface area contributed by atoms with E-state index in [-0.39, 0.29) is 41.2 Å². The predicted molar refractivity (Wildman–Crippen MR) is 169 cm³/mol. The van der Waals surface area contributed by atoms with Gasteiger partial charge in [-0.25, -0.2) is 9.97 Å². The van der Waals surface area contributed by atoms with Crippen LogP contribution >= 0.6 is 0 Å². The number of likely N-dealkylation sites (N-methyl/N-ethyl adjacent to an activating group) is 1. The number of carbonyl (C=O) groups is 3. The lowest BCUT2D eigenvalue weighted by atomic mass is 9.97. The van der Waals surface area contributed by atoms with Gasteiger partial charge in [0.05, 0.1) is 30.0 Å². The number of likely N-dealkylation sites (tertiary alicyclic amines) is 1. The zero-order chi connectivity index (χ0) is 32.0. The van der Waals surface area contributed by atoms with Gasteiger partial charge in [0.2, 0.25) is 11.7 Å². The second kappa shape index (κ2) is 11.8. The molecule has 4 aromatic rings. The molecule has 1 aliphatic heterocycles. The fourth-order valence-electron chi connectivity index (χ4n) is 6.32. The molecular formula is C33H39N9O3. The van der Waals surface area contributed by atoms with Crippen LogP contribution in [0.25, 0.3) is 22.2 Å². The van der Waals surface area contributed by atoms with E-state index in [4.69, 9.17) is 0 Å². The monoisotopic (exact) mass is 609 g/mol. The average Bonchev–Trinajstić information content (AvgIpc) is 3.37. The average molecular weight is 610 g/mol. The van der Waals surface area contributed by atoms with Crippen LogP contribution in [0.1, 0.15) is 59.1 Å². The van der Waals surface area contributed by atoms with Crippen molar-refractivity contribution >= 4 is 28.4 Å². The zero-order valence-corrected chi connectivity index (χ0v) is 26.7. The number of Topliss-reactive ketones (excluding diaryl/α,β-unsaturated/α-hetero) is 2. The molecule has 0 bridgehead atoms. The minimum Gasteiger partial charge on any atom is -0.327 e. The number of amides is 1. The second-order valence-corrected chi connectivity index (χ2v) is 13.1. The van der Waals surface area contributed by atoms with Gasteiger partial charge in [0.1, 0.15) is 23.8 Å². The van der Waals surface area contributed by atoms with Gasteiger partial charge in [-0.05, 0) is 76.6 Å². The maximum atomic E-state index is 14.0. The third kappa shape index (κ3) is 6.12. The fraction of sp³-hybridized carbons (Fsp3) is 0.455. The SMILES string of the molecule is CC(=O)c1nn(CC(=O)N2C(C(=O)c3cc(CCN(C)C)ccn3)CC3(C)CC23)c2cnc(-c3cnc(CN(C)C)nc3)cc12. The molecule has 0 radical (unpaired) electrons. The Labute approximate surface area is 262 Å². The topological polar surface area (TPSA) is 130 Å². The molecule has 1 saturated carbocycles. The predicted octanol–water partition coefficient (Wildman–Crippen LogP) is 2.91. The van der Waals surface area contributed by atoms with Crippen LogP contribution in [-0.4, -0.2) is 109 Å². The maximum absolute atomic E-state index is 14.0. The first-order valence-corrected chi connectivity index (χ1v) is 15.2. The number of rotatable bonds is 11. The molecule has 1 aliphatic carbocycles. The Bertz CT molecular complexity index is 1780. The van der Waals surface area contributed by atoms with Gasteiger partial charge in [-0.2, -0.15) is 5.10 Å². The van der Waals surface area contributed by atoms with Crippen molar-refractivity contribution in [1.82, 2.24) is 44.4 Å². The Morgan fingerprint density at radius 2 is 1.73 bits per heavy atom. The third-order valence-corrected chi connectivity index (χ3v) is 8.86. The lowest BCUT2D eigenvalue weighted by Crippen LogP contribution is -2.45. The van der Waals surface area contributed by atoms with Crippen LogP contribution in [0.5, 0.6) is 0 Å². The highest BCUT2D eigenvalue weighted by atomic mass is 16.2. The summed E-state index contributed by atoms with van der Waals surface area (Å²) in [4.78, 5) is 64.1. The molecule has 4 aromatic heterocycles. The van der Waals surface area contributed by atoms with Crippen molar-refractivity contribution in [3.8, 4) is 11.3 Å². The number of aromatic nitrogens is 6. The van der Waals surface area contributed by atoms with E-state index >= 15 is 0 Å². The molecule has 234 valence electrons. The summed E-state index contributed by atoms with van der Waals surface area (Å²) in [5.74, 6) is 0.129. The Balaban J connectivity index is 1.26. The first kappa shape index (κ1) is 30.6. The lowest BCUT2D eigenvalue weighted by molar-refractivity contribution is -0.133. The van der Waals surface area contributed by atoms with Crippen molar-refractivity contribution in [1.29, 1.82) is 0 Å². The van der Waals surface area contributed by atoms with E-state index in [1.165, 1.54) is 11.6 Å². The molecule has 12 heteroatoms. The zero-order valence-electron chi connectivity index (χ0n) is 26.7. The molecule has 2 aliphatic rings. The van der Waals surface area contributed by atoms with Gasteiger partial charge in [0, 0.05) is 49.1 Å². The highest BCUT2D eigenvalue weighted by Gasteiger charge is 2.64. The Morgan fingerprint density at radius 1 is 0.978 bits per heavy atom. The minimum absolute atomic E-state index is 0.00910. The Hall–Kier alpha value is -4.42. The largest absolute Gasteiger partial charge is 0.327 e. The van der Waals surface area contributed by atoms with Crippen LogP contribution in [0, 0.1) is 5.41 Å². The molecule has 1 amide bonds. The highest BCUT2D eigenvalue weighted by molar-refractivity contribution is 6.06. The van der Waals surface area contributed by atoms with E-state index < -0.39 is 6.04 Å². The highest BCUT2D eigenvalue weighted by Crippen LogP contribution is 2.59. The van der Waals surface area contributed by atoms with E-state index in [0.29, 0.717) is 46.6 Å². The van der Waals surface area contributed by atoms with Crippen molar-refractivity contribution in [2.75, 3.05) is 34.7 Å². The number of carbonyl (C=O) groups excluding carboxylic acids is 3. The van der Waals surface area contributed by atoms with E-state index in [0.717, 1.165) is 24.9 Å². The molecule has 2 fully saturated rings. The minimum atomic E-state index is -0.591. The molecule has 3 atom stereocenters. The first-order chi connectivity index (χ1) is 21.4. The van der Waals surface area contributed by atoms with Crippen LogP contribution in [0.4, 0.5) is 0 Å². The summed E-state index contributed by atoms with van der Waals surface area (Å²) in [6.07, 6.45) is 8.99. The standard InChI is InChI=1S/C33H39N9O3/c1-20(43)31-23-12-24(22-15-36-29(37-16-22)18-40(5)6)35-17-27(23)41(38-31)19-30(44)42-26(13-33(2)14-28(33)42)32(45)25-11-21(7-9-34-25)8-10-39(3)4/h7,9,11-12,15-17,26,28H,8,10,13-14,18-19H2,1-6H3. The van der Waals surface area contributed by atoms with Gasteiger partial charge >= 0.3 is 0 Å². The van der Waals surface area contributed by atoms with Gasteiger partial charge in [0.25, 0.3) is 0 Å². The summed E-state index contributed by atoms with van der Waals surface area (Å²) < 4.78 is 1.53. The third-order valence-electron chi connectivity index (χ3n) is 8.86. The summed E-state index contributed by atoms with van der Waals surface area (Å²) in [5, 5.41) is 5.15. The van der Waals surface area contributed by atoms with Gasteiger partial charge in [-0.15, -0.1) is 0 Å². The van der Waals surface area contributed by atoms with Gasteiger partial charge in [-0.1, -0.05) is 6.92 Å². The summed E-state index contributed by atoms with van der Waals surface area (Å²) in [6.45, 7) is 4.95. The number of ketones is 2. The van der Waals surface area contributed by atoms with Gasteiger partial charge < -0.3 is 14.7 Å². The molecule has 0 spiro atoms. The van der Waals surface area contributed by atoms with E-state index in [9.17, 15) is 14.4 Å². The Morgan fingerprint density at radius 3 is 2.42 bits per heavy atom. The number of piperidine rings is 1. The second-order valence-electron chi connectivity index (χ2n) is 13.1. The molecule has 0 N–H and O–H groups in total. The van der Waals surface area contributed by atoms with Gasteiger partial charge in [-0.3, -0.25) is 29.0 Å². The first-order valence-electron chi connectivity index (χ1n) is 15.2. The summed E-state index contributed by atoms with van der Waals surface area (Å²) in [5.41, 5.74) is 3.48. The van der Waals surface area contributed by atoms with Crippen molar-refractivity contribution in [3.05, 3.63) is 65.8 Å². The van der Waals surface area contributed by atoms with Crippen LogP contribution in [0.2, 0.25) is 0 Å². The van der Waals surface area contributed by atoms with E-state index in [2.05, 4.69) is 36.9 Å². The molecule has 45 heavy (non-hydrogen) atoms. The normalized spacial score (nSPS) is 20.7. The molecular weight excluding hydrogens is 570 g/mol. The fourth-order valence-corrected chi connectivity index (χ4v) is 6.32. The van der Waals surface area contributed by atoms with E-state index in [1.54, 1.807) is 35.8 Å². The smallest absolute Gasteiger partial charge is 0.245 e. The number of hydrogen-bond acceptors (Lipinski definition) is 10. The molecule has 5 heterocycles. The van der Waals surface area contributed by atoms with Crippen molar-refractivity contribution < 1.29 is 14.4 Å². The van der Waals surface area contributed by atoms with Crippen molar-refractivity contribution in [3.63, 3.8) is 0 Å². The Kier molecular flexibility index (Phi) is 8.04. The molecule has 6 rings (SSSR count). The van der Waals surface area contributed by atoms with E-state index in [1.807, 2.05) is 45.2 Å². The van der Waals surface area contributed by atoms with Crippen molar-refractivity contribution in [2.45, 2.75) is 58.3 Å². The van der Waals surface area contributed by atoms with Crippen molar-refractivity contribution in [2.24, 2.45) is 5.41 Å². The number of nitrogens with zero attached hydrogens (tertiary/aromatic N) is 9. The molecule has 3 unspecified atom stereocenters. The molecule has 12 nitrogen and oxygen atoms in total. The van der Waals surface area contributed by atoms with Crippen LogP contribution in [-0.2, 0) is 24.3 Å². The molecule has 1 saturated heterocycles. The quantitative estimate of drug-likeness (QED) is 0.234. The number of pyridine rings is 2. The summed E-state index contributed by atoms with van der Waals surface area (Å²) >= 11 is 0. The number of hydrogen-bond donors (Lipinski definition) is 0. The van der Waals surface area contributed by atoms with Crippen LogP contribution < -0.4 is 0 Å².